The summed E-state index contributed by atoms with van der Waals surface area (Å²) in [6.45, 7) is 1.98. The molecule has 0 atom stereocenters. The molecular formula is C18H21N3O5. The summed E-state index contributed by atoms with van der Waals surface area (Å²) in [4.78, 5) is 22.5. The van der Waals surface area contributed by atoms with E-state index < -0.39 is 4.92 Å². The summed E-state index contributed by atoms with van der Waals surface area (Å²) < 4.78 is 10.4. The lowest BCUT2D eigenvalue weighted by molar-refractivity contribution is -0.385. The van der Waals surface area contributed by atoms with E-state index in [4.69, 9.17) is 9.47 Å². The van der Waals surface area contributed by atoms with Gasteiger partial charge in [0.05, 0.1) is 25.7 Å². The van der Waals surface area contributed by atoms with Crippen LogP contribution in [0.5, 0.6) is 11.5 Å². The van der Waals surface area contributed by atoms with Crippen molar-refractivity contribution in [1.29, 1.82) is 0 Å². The van der Waals surface area contributed by atoms with Crippen molar-refractivity contribution < 1.29 is 19.2 Å². The van der Waals surface area contributed by atoms with Crippen LogP contribution >= 0.6 is 0 Å². The predicted octanol–water partition coefficient (Wildman–Crippen LogP) is 2.65. The Bertz CT molecular complexity index is 807. The molecule has 8 heteroatoms. The third-order valence-electron chi connectivity index (χ3n) is 3.88. The van der Waals surface area contributed by atoms with Crippen molar-refractivity contribution >= 4 is 17.3 Å². The third-order valence-corrected chi connectivity index (χ3v) is 3.88. The van der Waals surface area contributed by atoms with Gasteiger partial charge in [-0.2, -0.15) is 0 Å². The Labute approximate surface area is 151 Å². The minimum Gasteiger partial charge on any atom is -0.493 e. The van der Waals surface area contributed by atoms with Gasteiger partial charge in [0.25, 0.3) is 5.69 Å². The average molecular weight is 359 g/mol. The topological polar surface area (TPSA) is 103 Å². The van der Waals surface area contributed by atoms with Crippen molar-refractivity contribution in [3.63, 3.8) is 0 Å². The van der Waals surface area contributed by atoms with Gasteiger partial charge in [0.2, 0.25) is 5.91 Å². The van der Waals surface area contributed by atoms with Crippen molar-refractivity contribution in [3.05, 3.63) is 57.6 Å². The van der Waals surface area contributed by atoms with Gasteiger partial charge in [-0.05, 0) is 30.7 Å². The molecule has 0 bridgehead atoms. The maximum Gasteiger partial charge on any atom is 0.274 e. The normalized spacial score (nSPS) is 10.1. The second-order valence-corrected chi connectivity index (χ2v) is 5.53. The first-order valence-electron chi connectivity index (χ1n) is 7.91. The summed E-state index contributed by atoms with van der Waals surface area (Å²) in [5.74, 6) is 0.973. The molecule has 138 valence electrons. The standard InChI is InChI=1S/C18H21N3O5/c1-12-14(5-4-6-15(12)21(23)24)19-11-18(22)20-10-13-7-8-16(25-2)17(9-13)26-3/h4-9,19H,10-11H2,1-3H3,(H,20,22). The number of carbonyl (C=O) groups excluding carboxylic acids is 1. The number of nitrogens with one attached hydrogen (secondary N) is 2. The summed E-state index contributed by atoms with van der Waals surface area (Å²) in [5.41, 5.74) is 1.92. The number of methoxy groups -OCH3 is 2. The van der Waals surface area contributed by atoms with E-state index in [9.17, 15) is 14.9 Å². The Hall–Kier alpha value is -3.29. The van der Waals surface area contributed by atoms with Gasteiger partial charge in [0, 0.05) is 23.9 Å². The molecule has 0 saturated carbocycles. The van der Waals surface area contributed by atoms with Crippen LogP contribution < -0.4 is 20.1 Å². The lowest BCUT2D eigenvalue weighted by Gasteiger charge is -2.12. The van der Waals surface area contributed by atoms with Crippen LogP contribution in [0.3, 0.4) is 0 Å². The molecule has 2 rings (SSSR count). The van der Waals surface area contributed by atoms with Gasteiger partial charge >= 0.3 is 0 Å². The van der Waals surface area contributed by atoms with E-state index in [1.807, 2.05) is 6.07 Å². The average Bonchev–Trinajstić information content (AvgIpc) is 2.64. The van der Waals surface area contributed by atoms with Crippen molar-refractivity contribution in [2.45, 2.75) is 13.5 Å². The van der Waals surface area contributed by atoms with Crippen LogP contribution in [0.2, 0.25) is 0 Å². The number of benzene rings is 2. The Morgan fingerprint density at radius 1 is 1.15 bits per heavy atom. The SMILES string of the molecule is COc1ccc(CNC(=O)CNc2cccc([N+](=O)[O-])c2C)cc1OC. The molecule has 2 N–H and O–H groups in total. The Morgan fingerprint density at radius 2 is 1.88 bits per heavy atom. The monoisotopic (exact) mass is 359 g/mol. The molecule has 2 aromatic rings. The third kappa shape index (κ3) is 4.62. The predicted molar refractivity (Wildman–Crippen MR) is 97.7 cm³/mol. The molecule has 2 aromatic carbocycles. The number of hydrogen-bond acceptors (Lipinski definition) is 6. The number of amides is 1. The molecule has 0 radical (unpaired) electrons. The van der Waals surface area contributed by atoms with Gasteiger partial charge < -0.3 is 20.1 Å². The molecule has 26 heavy (non-hydrogen) atoms. The highest BCUT2D eigenvalue weighted by atomic mass is 16.6. The first-order chi connectivity index (χ1) is 12.5. The fourth-order valence-electron chi connectivity index (χ4n) is 2.44. The Morgan fingerprint density at radius 3 is 2.54 bits per heavy atom. The Balaban J connectivity index is 1.92. The second-order valence-electron chi connectivity index (χ2n) is 5.53. The Kier molecular flexibility index (Phi) is 6.37. The number of carbonyl (C=O) groups is 1. The zero-order valence-corrected chi connectivity index (χ0v) is 14.9. The lowest BCUT2D eigenvalue weighted by Crippen LogP contribution is -2.29. The number of rotatable bonds is 8. The van der Waals surface area contributed by atoms with Crippen molar-refractivity contribution in [2.24, 2.45) is 0 Å². The van der Waals surface area contributed by atoms with E-state index in [1.165, 1.54) is 6.07 Å². The lowest BCUT2D eigenvalue weighted by atomic mass is 10.1. The summed E-state index contributed by atoms with van der Waals surface area (Å²) in [5, 5.41) is 16.7. The minimum atomic E-state index is -0.447. The number of anilines is 1. The maximum absolute atomic E-state index is 12.0. The number of hydrogen-bond donors (Lipinski definition) is 2. The fourth-order valence-corrected chi connectivity index (χ4v) is 2.44. The summed E-state index contributed by atoms with van der Waals surface area (Å²) in [7, 11) is 3.10. The highest BCUT2D eigenvalue weighted by Gasteiger charge is 2.13. The molecule has 0 unspecified atom stereocenters. The molecule has 0 aliphatic heterocycles. The van der Waals surface area contributed by atoms with E-state index in [-0.39, 0.29) is 18.1 Å². The van der Waals surface area contributed by atoms with Crippen LogP contribution in [0.4, 0.5) is 11.4 Å². The molecule has 0 spiro atoms. The smallest absolute Gasteiger partial charge is 0.274 e. The summed E-state index contributed by atoms with van der Waals surface area (Å²) in [6, 6.07) is 10.1. The molecule has 0 aliphatic rings. The molecule has 0 saturated heterocycles. The van der Waals surface area contributed by atoms with Gasteiger partial charge in [-0.3, -0.25) is 14.9 Å². The van der Waals surface area contributed by atoms with E-state index in [2.05, 4.69) is 10.6 Å². The number of ether oxygens (including phenoxy) is 2. The van der Waals surface area contributed by atoms with Gasteiger partial charge in [-0.1, -0.05) is 12.1 Å². The molecule has 8 nitrogen and oxygen atoms in total. The summed E-state index contributed by atoms with van der Waals surface area (Å²) in [6.07, 6.45) is 0. The van der Waals surface area contributed by atoms with E-state index >= 15 is 0 Å². The molecule has 1 amide bonds. The largest absolute Gasteiger partial charge is 0.493 e. The number of nitro groups is 1. The van der Waals surface area contributed by atoms with Gasteiger partial charge in [0.15, 0.2) is 11.5 Å². The van der Waals surface area contributed by atoms with Crippen LogP contribution in [0.15, 0.2) is 36.4 Å². The highest BCUT2D eigenvalue weighted by molar-refractivity contribution is 5.81. The fraction of sp³-hybridized carbons (Fsp3) is 0.278. The van der Waals surface area contributed by atoms with E-state index in [0.29, 0.717) is 29.3 Å². The molecule has 0 aromatic heterocycles. The van der Waals surface area contributed by atoms with Crippen molar-refractivity contribution in [1.82, 2.24) is 5.32 Å². The maximum atomic E-state index is 12.0. The van der Waals surface area contributed by atoms with Gasteiger partial charge in [-0.25, -0.2) is 0 Å². The van der Waals surface area contributed by atoms with Crippen LogP contribution in [-0.4, -0.2) is 31.6 Å². The highest BCUT2D eigenvalue weighted by Crippen LogP contribution is 2.27. The molecular weight excluding hydrogens is 338 g/mol. The zero-order valence-electron chi connectivity index (χ0n) is 14.9. The van der Waals surface area contributed by atoms with Crippen LogP contribution in [0.1, 0.15) is 11.1 Å². The quantitative estimate of drug-likeness (QED) is 0.555. The number of nitro benzene ring substituents is 1. The van der Waals surface area contributed by atoms with Gasteiger partial charge in [0.1, 0.15) is 0 Å². The van der Waals surface area contributed by atoms with Crippen LogP contribution in [0, 0.1) is 17.0 Å². The second kappa shape index (κ2) is 8.70. The van der Waals surface area contributed by atoms with E-state index in [0.717, 1.165) is 5.56 Å². The van der Waals surface area contributed by atoms with Crippen LogP contribution in [-0.2, 0) is 11.3 Å². The van der Waals surface area contributed by atoms with Crippen molar-refractivity contribution in [3.8, 4) is 11.5 Å². The zero-order chi connectivity index (χ0) is 19.1. The summed E-state index contributed by atoms with van der Waals surface area (Å²) >= 11 is 0. The molecule has 0 fully saturated rings. The molecule has 0 heterocycles. The van der Waals surface area contributed by atoms with Crippen LogP contribution in [0.25, 0.3) is 0 Å². The molecule has 0 aliphatic carbocycles. The number of nitrogens with zero attached hydrogens (tertiary/aromatic N) is 1. The van der Waals surface area contributed by atoms with Crippen molar-refractivity contribution in [2.75, 3.05) is 26.1 Å². The first-order valence-corrected chi connectivity index (χ1v) is 7.91. The minimum absolute atomic E-state index is 0.00922. The first kappa shape index (κ1) is 19.0. The van der Waals surface area contributed by atoms with E-state index in [1.54, 1.807) is 45.4 Å². The van der Waals surface area contributed by atoms with Gasteiger partial charge in [-0.15, -0.1) is 0 Å².